The Morgan fingerprint density at radius 1 is 1.44 bits per heavy atom. The molecule has 1 heterocycles. The maximum absolute atomic E-state index is 11.0. The van der Waals surface area contributed by atoms with Gasteiger partial charge in [-0.25, -0.2) is 0 Å². The Balaban J connectivity index is 2.35. The molecule has 1 atom stereocenters. The molecule has 16 heavy (non-hydrogen) atoms. The van der Waals surface area contributed by atoms with Crippen molar-refractivity contribution in [2.45, 2.75) is 32.7 Å². The minimum Gasteiger partial charge on any atom is -0.303 e. The summed E-state index contributed by atoms with van der Waals surface area (Å²) in [5.74, 6) is 0.253. The number of carbonyl (C=O) groups is 1. The molecule has 0 bridgehead atoms. The number of hydrogen-bond donors (Lipinski definition) is 0. The second kappa shape index (κ2) is 6.38. The summed E-state index contributed by atoms with van der Waals surface area (Å²) in [5.41, 5.74) is 1.29. The summed E-state index contributed by atoms with van der Waals surface area (Å²) >= 11 is 0. The molecule has 3 nitrogen and oxygen atoms in total. The largest absolute Gasteiger partial charge is 0.303 e. The predicted octanol–water partition coefficient (Wildman–Crippen LogP) is 1.92. The van der Waals surface area contributed by atoms with Gasteiger partial charge in [0.1, 0.15) is 5.78 Å². The fourth-order valence-corrected chi connectivity index (χ4v) is 1.65. The van der Waals surface area contributed by atoms with Crippen molar-refractivity contribution < 1.29 is 4.79 Å². The van der Waals surface area contributed by atoms with E-state index in [4.69, 9.17) is 0 Å². The minimum absolute atomic E-state index is 0.253. The van der Waals surface area contributed by atoms with Crippen molar-refractivity contribution in [1.82, 2.24) is 9.88 Å². The zero-order chi connectivity index (χ0) is 12.0. The van der Waals surface area contributed by atoms with Gasteiger partial charge in [0, 0.05) is 31.4 Å². The molecule has 1 unspecified atom stereocenters. The SMILES string of the molecule is CC(=O)CC(C)N(C)CCc1ccncc1. The van der Waals surface area contributed by atoms with Crippen LogP contribution in [0.4, 0.5) is 0 Å². The van der Waals surface area contributed by atoms with Crippen molar-refractivity contribution in [3.05, 3.63) is 30.1 Å². The van der Waals surface area contributed by atoms with Gasteiger partial charge in [0.2, 0.25) is 0 Å². The molecule has 0 N–H and O–H groups in total. The van der Waals surface area contributed by atoms with E-state index in [1.807, 2.05) is 24.5 Å². The highest BCUT2D eigenvalue weighted by Crippen LogP contribution is 2.04. The van der Waals surface area contributed by atoms with Crippen LogP contribution in [-0.2, 0) is 11.2 Å². The first-order valence-corrected chi connectivity index (χ1v) is 5.68. The molecule has 1 aromatic heterocycles. The molecule has 0 aromatic carbocycles. The third-order valence-electron chi connectivity index (χ3n) is 2.84. The standard InChI is InChI=1S/C13H20N2O/c1-11(10-12(2)16)15(3)9-6-13-4-7-14-8-5-13/h4-5,7-8,11H,6,9-10H2,1-3H3. The van der Waals surface area contributed by atoms with Crippen LogP contribution in [0.1, 0.15) is 25.8 Å². The highest BCUT2D eigenvalue weighted by Gasteiger charge is 2.10. The van der Waals surface area contributed by atoms with E-state index in [9.17, 15) is 4.79 Å². The van der Waals surface area contributed by atoms with Gasteiger partial charge in [-0.3, -0.25) is 9.78 Å². The van der Waals surface area contributed by atoms with E-state index in [1.54, 1.807) is 6.92 Å². The Morgan fingerprint density at radius 2 is 2.06 bits per heavy atom. The molecule has 0 saturated heterocycles. The first-order valence-electron chi connectivity index (χ1n) is 5.68. The van der Waals surface area contributed by atoms with Gasteiger partial charge in [-0.15, -0.1) is 0 Å². The molecule has 0 aliphatic rings. The normalized spacial score (nSPS) is 12.8. The first kappa shape index (κ1) is 12.8. The highest BCUT2D eigenvalue weighted by atomic mass is 16.1. The number of carbonyl (C=O) groups excluding carboxylic acids is 1. The number of nitrogens with zero attached hydrogens (tertiary/aromatic N) is 2. The van der Waals surface area contributed by atoms with Crippen molar-refractivity contribution in [2.75, 3.05) is 13.6 Å². The highest BCUT2D eigenvalue weighted by molar-refractivity contribution is 5.76. The molecular weight excluding hydrogens is 200 g/mol. The number of pyridine rings is 1. The van der Waals surface area contributed by atoms with Crippen molar-refractivity contribution >= 4 is 5.78 Å². The third kappa shape index (κ3) is 4.53. The molecule has 0 saturated carbocycles. The molecule has 0 spiro atoms. The van der Waals surface area contributed by atoms with Gasteiger partial charge in [-0.05, 0) is 45.0 Å². The van der Waals surface area contributed by atoms with E-state index >= 15 is 0 Å². The van der Waals surface area contributed by atoms with E-state index in [-0.39, 0.29) is 5.78 Å². The predicted molar refractivity (Wildman–Crippen MR) is 65.3 cm³/mol. The topological polar surface area (TPSA) is 33.2 Å². The fourth-order valence-electron chi connectivity index (χ4n) is 1.65. The van der Waals surface area contributed by atoms with Crippen LogP contribution in [0, 0.1) is 0 Å². The number of hydrogen-bond acceptors (Lipinski definition) is 3. The van der Waals surface area contributed by atoms with Crippen LogP contribution < -0.4 is 0 Å². The second-order valence-corrected chi connectivity index (χ2v) is 4.34. The molecule has 0 aliphatic heterocycles. The lowest BCUT2D eigenvalue weighted by molar-refractivity contribution is -0.118. The first-order chi connectivity index (χ1) is 7.59. The average Bonchev–Trinajstić information content (AvgIpc) is 2.26. The average molecular weight is 220 g/mol. The van der Waals surface area contributed by atoms with Crippen molar-refractivity contribution in [3.8, 4) is 0 Å². The summed E-state index contributed by atoms with van der Waals surface area (Å²) in [7, 11) is 2.06. The molecule has 3 heteroatoms. The van der Waals surface area contributed by atoms with Crippen LogP contribution in [0.2, 0.25) is 0 Å². The van der Waals surface area contributed by atoms with Crippen molar-refractivity contribution in [1.29, 1.82) is 0 Å². The van der Waals surface area contributed by atoms with Gasteiger partial charge < -0.3 is 4.90 Å². The fraction of sp³-hybridized carbons (Fsp3) is 0.538. The summed E-state index contributed by atoms with van der Waals surface area (Å²) in [4.78, 5) is 17.2. The van der Waals surface area contributed by atoms with Gasteiger partial charge >= 0.3 is 0 Å². The molecule has 0 aliphatic carbocycles. The summed E-state index contributed by atoms with van der Waals surface area (Å²) in [6, 6.07) is 4.38. The second-order valence-electron chi connectivity index (χ2n) is 4.34. The van der Waals surface area contributed by atoms with Crippen LogP contribution in [0.5, 0.6) is 0 Å². The number of aromatic nitrogens is 1. The number of ketones is 1. The van der Waals surface area contributed by atoms with E-state index in [1.165, 1.54) is 5.56 Å². The zero-order valence-electron chi connectivity index (χ0n) is 10.3. The van der Waals surface area contributed by atoms with E-state index in [0.717, 1.165) is 13.0 Å². The summed E-state index contributed by atoms with van der Waals surface area (Å²) in [6.07, 6.45) is 5.26. The third-order valence-corrected chi connectivity index (χ3v) is 2.84. The quantitative estimate of drug-likeness (QED) is 0.734. The van der Waals surface area contributed by atoms with Crippen LogP contribution in [0.25, 0.3) is 0 Å². The minimum atomic E-state index is 0.253. The maximum Gasteiger partial charge on any atom is 0.131 e. The smallest absolute Gasteiger partial charge is 0.131 e. The molecule has 0 radical (unpaired) electrons. The molecule has 0 fully saturated rings. The number of Topliss-reactive ketones (excluding diaryl/α,β-unsaturated/α-hetero) is 1. The monoisotopic (exact) mass is 220 g/mol. The number of likely N-dealkylation sites (N-methyl/N-ethyl adjacent to an activating group) is 1. The molecule has 1 rings (SSSR count). The lowest BCUT2D eigenvalue weighted by Crippen LogP contribution is -2.32. The van der Waals surface area contributed by atoms with E-state index < -0.39 is 0 Å². The van der Waals surface area contributed by atoms with Crippen LogP contribution in [0.15, 0.2) is 24.5 Å². The Morgan fingerprint density at radius 3 is 2.62 bits per heavy atom. The zero-order valence-corrected chi connectivity index (χ0v) is 10.3. The molecule has 0 amide bonds. The Hall–Kier alpha value is -1.22. The lowest BCUT2D eigenvalue weighted by atomic mass is 10.1. The van der Waals surface area contributed by atoms with Crippen LogP contribution in [0.3, 0.4) is 0 Å². The number of rotatable bonds is 6. The maximum atomic E-state index is 11.0. The summed E-state index contributed by atoms with van der Waals surface area (Å²) < 4.78 is 0. The van der Waals surface area contributed by atoms with Crippen molar-refractivity contribution in [3.63, 3.8) is 0 Å². The van der Waals surface area contributed by atoms with Gasteiger partial charge in [0.05, 0.1) is 0 Å². The lowest BCUT2D eigenvalue weighted by Gasteiger charge is -2.23. The molecule has 1 aromatic rings. The molecular formula is C13H20N2O. The van der Waals surface area contributed by atoms with Crippen molar-refractivity contribution in [2.24, 2.45) is 0 Å². The van der Waals surface area contributed by atoms with E-state index in [2.05, 4.69) is 23.9 Å². The molecule has 88 valence electrons. The Labute approximate surface area is 97.5 Å². The summed E-state index contributed by atoms with van der Waals surface area (Å²) in [5, 5.41) is 0. The van der Waals surface area contributed by atoms with Crippen LogP contribution in [-0.4, -0.2) is 35.3 Å². The Kier molecular flexibility index (Phi) is 5.12. The van der Waals surface area contributed by atoms with Gasteiger partial charge in [-0.1, -0.05) is 0 Å². The Bertz CT molecular complexity index is 324. The summed E-state index contributed by atoms with van der Waals surface area (Å²) in [6.45, 7) is 4.71. The van der Waals surface area contributed by atoms with E-state index in [0.29, 0.717) is 12.5 Å². The van der Waals surface area contributed by atoms with Gasteiger partial charge in [0.25, 0.3) is 0 Å². The van der Waals surface area contributed by atoms with Gasteiger partial charge in [-0.2, -0.15) is 0 Å². The van der Waals surface area contributed by atoms with Crippen LogP contribution >= 0.6 is 0 Å². The van der Waals surface area contributed by atoms with Gasteiger partial charge in [0.15, 0.2) is 0 Å².